The number of hydrogen-bond donors (Lipinski definition) is 1. The van der Waals surface area contributed by atoms with E-state index in [4.69, 9.17) is 0 Å². The van der Waals surface area contributed by atoms with Crippen molar-refractivity contribution < 1.29 is 18.0 Å². The monoisotopic (exact) mass is 452 g/mol. The molecule has 0 bridgehead atoms. The van der Waals surface area contributed by atoms with E-state index in [1.807, 2.05) is 4.57 Å². The van der Waals surface area contributed by atoms with Crippen molar-refractivity contribution in [3.8, 4) is 0 Å². The summed E-state index contributed by atoms with van der Waals surface area (Å²) in [5, 5.41) is 2.84. The molecule has 4 rings (SSSR count). The highest BCUT2D eigenvalue weighted by atomic mass is 32.2. The minimum atomic E-state index is -3.31. The van der Waals surface area contributed by atoms with E-state index < -0.39 is 9.84 Å². The lowest BCUT2D eigenvalue weighted by molar-refractivity contribution is -0.116. The molecule has 3 aromatic rings. The Labute approximate surface area is 186 Å². The molecule has 0 spiro atoms. The van der Waals surface area contributed by atoms with Gasteiger partial charge in [-0.3, -0.25) is 9.59 Å². The van der Waals surface area contributed by atoms with Gasteiger partial charge in [0.25, 0.3) is 5.91 Å². The van der Waals surface area contributed by atoms with E-state index in [0.29, 0.717) is 24.3 Å². The van der Waals surface area contributed by atoms with Gasteiger partial charge in [-0.05, 0) is 54.8 Å². The van der Waals surface area contributed by atoms with Crippen LogP contribution in [0.2, 0.25) is 0 Å². The van der Waals surface area contributed by atoms with Gasteiger partial charge in [-0.15, -0.1) is 0 Å². The molecule has 166 valence electrons. The van der Waals surface area contributed by atoms with Crippen LogP contribution < -0.4 is 10.2 Å². The van der Waals surface area contributed by atoms with E-state index in [-0.39, 0.29) is 23.1 Å². The van der Waals surface area contributed by atoms with Crippen molar-refractivity contribution in [2.24, 2.45) is 0 Å². The number of aryl methyl sites for hydroxylation is 2. The van der Waals surface area contributed by atoms with Crippen LogP contribution in [0.5, 0.6) is 0 Å². The average Bonchev–Trinajstić information content (AvgIpc) is 3.30. The fraction of sp³-hybridized carbons (Fsp3) is 0.261. The molecular formula is C23H24N4O4S. The van der Waals surface area contributed by atoms with Crippen LogP contribution in [0.3, 0.4) is 0 Å². The third kappa shape index (κ3) is 4.88. The number of rotatable bonds is 6. The number of hydrogen-bond acceptors (Lipinski definition) is 5. The molecule has 0 saturated carbocycles. The molecule has 1 aliphatic rings. The molecule has 0 fully saturated rings. The zero-order valence-corrected chi connectivity index (χ0v) is 18.5. The summed E-state index contributed by atoms with van der Waals surface area (Å²) in [6.45, 7) is 1.07. The molecule has 1 aromatic heterocycles. The first-order chi connectivity index (χ1) is 15.3. The molecule has 0 radical (unpaired) electrons. The normalized spacial score (nSPS) is 13.5. The van der Waals surface area contributed by atoms with Gasteiger partial charge in [0.15, 0.2) is 9.84 Å². The quantitative estimate of drug-likeness (QED) is 0.620. The van der Waals surface area contributed by atoms with Crippen molar-refractivity contribution >= 4 is 33.0 Å². The van der Waals surface area contributed by atoms with Gasteiger partial charge in [-0.25, -0.2) is 13.4 Å². The van der Waals surface area contributed by atoms with Crippen molar-refractivity contribution in [2.45, 2.75) is 30.7 Å². The number of fused-ring (bicyclic) bond motifs is 1. The van der Waals surface area contributed by atoms with Crippen LogP contribution in [0, 0.1) is 0 Å². The van der Waals surface area contributed by atoms with E-state index in [2.05, 4.69) is 10.3 Å². The maximum absolute atomic E-state index is 13.2. The van der Waals surface area contributed by atoms with Crippen LogP contribution in [-0.2, 0) is 27.6 Å². The molecule has 32 heavy (non-hydrogen) atoms. The Balaban J connectivity index is 1.49. The lowest BCUT2D eigenvalue weighted by Crippen LogP contribution is -2.35. The largest absolute Gasteiger partial charge is 0.337 e. The number of carbonyl (C=O) groups excluding carboxylic acids is 2. The standard InChI is InChI=1S/C23H24N4O4S/c1-32(30,31)20-7-8-21-17(15-20)5-3-11-27(21)23(29)18-4-2-6-19(14-18)25-22(28)9-12-26-13-10-24-16-26/h2,4,6-8,10,13-16H,3,5,9,11-12H2,1H3,(H,25,28). The Morgan fingerprint density at radius 3 is 2.75 bits per heavy atom. The van der Waals surface area contributed by atoms with E-state index in [1.165, 1.54) is 12.3 Å². The third-order valence-corrected chi connectivity index (χ3v) is 6.50. The van der Waals surface area contributed by atoms with Gasteiger partial charge in [0.05, 0.1) is 11.2 Å². The summed E-state index contributed by atoms with van der Waals surface area (Å²) in [5.74, 6) is -0.340. The molecule has 0 saturated heterocycles. The molecule has 9 heteroatoms. The second-order valence-electron chi connectivity index (χ2n) is 7.80. The molecule has 2 aromatic carbocycles. The Bertz CT molecular complexity index is 1250. The van der Waals surface area contributed by atoms with Crippen LogP contribution in [0.25, 0.3) is 0 Å². The molecule has 0 atom stereocenters. The Morgan fingerprint density at radius 2 is 2.00 bits per heavy atom. The predicted molar refractivity (Wildman–Crippen MR) is 121 cm³/mol. The number of anilines is 2. The maximum atomic E-state index is 13.2. The van der Waals surface area contributed by atoms with Crippen molar-refractivity contribution in [1.82, 2.24) is 9.55 Å². The van der Waals surface area contributed by atoms with Crippen LogP contribution in [0.15, 0.2) is 66.1 Å². The number of aromatic nitrogens is 2. The highest BCUT2D eigenvalue weighted by molar-refractivity contribution is 7.90. The smallest absolute Gasteiger partial charge is 0.258 e. The van der Waals surface area contributed by atoms with Crippen LogP contribution in [-0.4, -0.2) is 42.6 Å². The van der Waals surface area contributed by atoms with Gasteiger partial charge in [0.2, 0.25) is 5.91 Å². The van der Waals surface area contributed by atoms with Crippen molar-refractivity contribution in [1.29, 1.82) is 0 Å². The highest BCUT2D eigenvalue weighted by Crippen LogP contribution is 2.31. The van der Waals surface area contributed by atoms with Crippen molar-refractivity contribution in [2.75, 3.05) is 23.0 Å². The van der Waals surface area contributed by atoms with Gasteiger partial charge in [0, 0.05) is 55.1 Å². The molecule has 1 N–H and O–H groups in total. The van der Waals surface area contributed by atoms with Crippen LogP contribution in [0.1, 0.15) is 28.8 Å². The Hall–Kier alpha value is -3.46. The van der Waals surface area contributed by atoms with Gasteiger partial charge >= 0.3 is 0 Å². The van der Waals surface area contributed by atoms with E-state index in [1.54, 1.807) is 60.0 Å². The number of amides is 2. The van der Waals surface area contributed by atoms with E-state index in [0.717, 1.165) is 24.1 Å². The number of benzene rings is 2. The van der Waals surface area contributed by atoms with Gasteiger partial charge in [0.1, 0.15) is 0 Å². The summed E-state index contributed by atoms with van der Waals surface area (Å²) in [4.78, 5) is 31.4. The highest BCUT2D eigenvalue weighted by Gasteiger charge is 2.25. The maximum Gasteiger partial charge on any atom is 0.258 e. The summed E-state index contributed by atoms with van der Waals surface area (Å²) in [6, 6.07) is 11.7. The van der Waals surface area contributed by atoms with Crippen molar-refractivity contribution in [3.05, 3.63) is 72.3 Å². The fourth-order valence-corrected chi connectivity index (χ4v) is 4.45. The third-order valence-electron chi connectivity index (χ3n) is 5.39. The minimum Gasteiger partial charge on any atom is -0.337 e. The summed E-state index contributed by atoms with van der Waals surface area (Å²) in [7, 11) is -3.31. The lowest BCUT2D eigenvalue weighted by Gasteiger charge is -2.30. The first-order valence-corrected chi connectivity index (χ1v) is 12.2. The summed E-state index contributed by atoms with van der Waals surface area (Å²) < 4.78 is 25.6. The zero-order chi connectivity index (χ0) is 22.7. The van der Waals surface area contributed by atoms with Crippen molar-refractivity contribution in [3.63, 3.8) is 0 Å². The van der Waals surface area contributed by atoms with Gasteiger partial charge in [-0.1, -0.05) is 6.07 Å². The second kappa shape index (κ2) is 8.96. The van der Waals surface area contributed by atoms with Gasteiger partial charge < -0.3 is 14.8 Å². The molecule has 8 nitrogen and oxygen atoms in total. The van der Waals surface area contributed by atoms with Gasteiger partial charge in [-0.2, -0.15) is 0 Å². The number of sulfone groups is 1. The predicted octanol–water partition coefficient (Wildman–Crippen LogP) is 2.91. The van der Waals surface area contributed by atoms with Crippen LogP contribution in [0.4, 0.5) is 11.4 Å². The molecule has 2 amide bonds. The molecular weight excluding hydrogens is 428 g/mol. The average molecular weight is 453 g/mol. The summed E-state index contributed by atoms with van der Waals surface area (Å²) in [6.07, 6.45) is 8.04. The summed E-state index contributed by atoms with van der Waals surface area (Å²) in [5.41, 5.74) is 2.58. The Kier molecular flexibility index (Phi) is 6.09. The zero-order valence-electron chi connectivity index (χ0n) is 17.7. The fourth-order valence-electron chi connectivity index (χ4n) is 3.77. The molecule has 1 aliphatic heterocycles. The van der Waals surface area contributed by atoms with E-state index in [9.17, 15) is 18.0 Å². The molecule has 0 aliphatic carbocycles. The Morgan fingerprint density at radius 1 is 1.16 bits per heavy atom. The topological polar surface area (TPSA) is 101 Å². The lowest BCUT2D eigenvalue weighted by atomic mass is 10.0. The SMILES string of the molecule is CS(=O)(=O)c1ccc2c(c1)CCCN2C(=O)c1cccc(NC(=O)CCn2ccnc2)c1. The minimum absolute atomic E-state index is 0.153. The molecule has 2 heterocycles. The number of carbonyl (C=O) groups is 2. The second-order valence-corrected chi connectivity index (χ2v) is 9.82. The van der Waals surface area contributed by atoms with Crippen LogP contribution >= 0.6 is 0 Å². The van der Waals surface area contributed by atoms with E-state index >= 15 is 0 Å². The number of nitrogens with zero attached hydrogens (tertiary/aromatic N) is 3. The summed E-state index contributed by atoms with van der Waals surface area (Å²) >= 11 is 0. The first kappa shape index (κ1) is 21.8. The first-order valence-electron chi connectivity index (χ1n) is 10.3. The number of nitrogens with one attached hydrogen (secondary N) is 1. The molecule has 0 unspecified atom stereocenters. The number of imidazole rings is 1.